The average molecular weight is 435 g/mol. The molecule has 0 radical (unpaired) electrons. The predicted octanol–water partition coefficient (Wildman–Crippen LogP) is 3.94. The van der Waals surface area contributed by atoms with E-state index in [4.69, 9.17) is 5.11 Å². The molecule has 0 bridgehead atoms. The second-order valence-electron chi connectivity index (χ2n) is 6.15. The average Bonchev–Trinajstić information content (AvgIpc) is 3.05. The molecule has 0 aliphatic heterocycles. The number of thioether (sulfide) groups is 1. The zero-order valence-electron chi connectivity index (χ0n) is 14.9. The number of para-hydroxylation sites is 1. The van der Waals surface area contributed by atoms with Crippen molar-refractivity contribution < 1.29 is 27.8 Å². The molecular weight excluding hydrogens is 423 g/mol. The summed E-state index contributed by atoms with van der Waals surface area (Å²) in [6.45, 7) is 0. The van der Waals surface area contributed by atoms with E-state index < -0.39 is 23.6 Å². The zero-order chi connectivity index (χ0) is 21.5. The minimum Gasteiger partial charge on any atom is -0.481 e. The first-order valence-electron chi connectivity index (χ1n) is 8.47. The van der Waals surface area contributed by atoms with Crippen molar-refractivity contribution in [2.75, 3.05) is 5.75 Å². The van der Waals surface area contributed by atoms with Crippen molar-refractivity contribution in [2.45, 2.75) is 11.5 Å². The monoisotopic (exact) mass is 435 g/mol. The fourth-order valence-corrected chi connectivity index (χ4v) is 3.72. The summed E-state index contributed by atoms with van der Waals surface area (Å²) in [4.78, 5) is 31.7. The van der Waals surface area contributed by atoms with E-state index in [0.717, 1.165) is 28.5 Å². The van der Waals surface area contributed by atoms with Crippen molar-refractivity contribution in [1.29, 1.82) is 0 Å². The lowest BCUT2D eigenvalue weighted by molar-refractivity contribution is -0.274. The summed E-state index contributed by atoms with van der Waals surface area (Å²) >= 11 is 0.832. The molecule has 4 aromatic rings. The molecule has 7 nitrogen and oxygen atoms in total. The van der Waals surface area contributed by atoms with E-state index in [1.165, 1.54) is 12.1 Å². The second kappa shape index (κ2) is 7.41. The summed E-state index contributed by atoms with van der Waals surface area (Å²) in [5.74, 6) is -1.90. The molecule has 2 aromatic heterocycles. The summed E-state index contributed by atoms with van der Waals surface area (Å²) in [7, 11) is 0. The Kier molecular flexibility index (Phi) is 4.90. The van der Waals surface area contributed by atoms with Gasteiger partial charge in [0.2, 0.25) is 0 Å². The van der Waals surface area contributed by atoms with Crippen LogP contribution >= 0.6 is 11.8 Å². The van der Waals surface area contributed by atoms with Gasteiger partial charge in [0, 0.05) is 10.9 Å². The number of nitrogens with one attached hydrogen (secondary N) is 1. The fraction of sp³-hybridized carbons (Fsp3) is 0.105. The topological polar surface area (TPSA) is 97.2 Å². The number of H-pyrrole nitrogens is 1. The molecule has 0 unspecified atom stereocenters. The molecule has 11 heteroatoms. The number of aromatic nitrogens is 3. The number of alkyl halides is 3. The highest BCUT2D eigenvalue weighted by Crippen LogP contribution is 2.28. The van der Waals surface area contributed by atoms with Gasteiger partial charge in [-0.05, 0) is 30.3 Å². The number of carboxylic acids is 1. The van der Waals surface area contributed by atoms with Crippen LogP contribution in [0.2, 0.25) is 0 Å². The van der Waals surface area contributed by atoms with Gasteiger partial charge in [0.1, 0.15) is 16.8 Å². The number of hydrogen-bond acceptors (Lipinski definition) is 5. The number of fused-ring (bicyclic) bond motifs is 3. The van der Waals surface area contributed by atoms with Crippen molar-refractivity contribution in [1.82, 2.24) is 14.5 Å². The molecular formula is C19H12F3N3O4S. The van der Waals surface area contributed by atoms with E-state index in [1.807, 2.05) is 0 Å². The Labute approximate surface area is 170 Å². The molecule has 0 fully saturated rings. The first-order valence-corrected chi connectivity index (χ1v) is 9.46. The van der Waals surface area contributed by atoms with Crippen molar-refractivity contribution >= 4 is 39.7 Å². The molecule has 4 rings (SSSR count). The van der Waals surface area contributed by atoms with Crippen molar-refractivity contribution in [3.05, 3.63) is 58.9 Å². The normalized spacial score (nSPS) is 11.8. The van der Waals surface area contributed by atoms with Crippen LogP contribution in [0.25, 0.3) is 27.6 Å². The van der Waals surface area contributed by atoms with Crippen molar-refractivity contribution in [3.63, 3.8) is 0 Å². The van der Waals surface area contributed by atoms with Gasteiger partial charge < -0.3 is 14.8 Å². The molecule has 0 aliphatic rings. The number of aliphatic carboxylic acids is 1. The molecule has 0 aliphatic carbocycles. The van der Waals surface area contributed by atoms with Crippen molar-refractivity contribution in [2.24, 2.45) is 0 Å². The van der Waals surface area contributed by atoms with Crippen molar-refractivity contribution in [3.8, 4) is 11.4 Å². The smallest absolute Gasteiger partial charge is 0.481 e. The Morgan fingerprint density at radius 3 is 2.53 bits per heavy atom. The van der Waals surface area contributed by atoms with Gasteiger partial charge >= 0.3 is 12.3 Å². The Hall–Kier alpha value is -3.47. The van der Waals surface area contributed by atoms with Gasteiger partial charge in [0.15, 0.2) is 5.16 Å². The van der Waals surface area contributed by atoms with E-state index in [1.54, 1.807) is 24.3 Å². The maximum absolute atomic E-state index is 13.2. The molecule has 2 heterocycles. The van der Waals surface area contributed by atoms with Crippen LogP contribution in [0.1, 0.15) is 0 Å². The highest BCUT2D eigenvalue weighted by Gasteiger charge is 2.31. The molecule has 0 saturated carbocycles. The van der Waals surface area contributed by atoms with Gasteiger partial charge in [-0.3, -0.25) is 14.2 Å². The Bertz CT molecular complexity index is 1310. The number of ether oxygens (including phenoxy) is 1. The third-order valence-corrected chi connectivity index (χ3v) is 5.07. The number of aromatic amines is 1. The number of halogens is 3. The van der Waals surface area contributed by atoms with E-state index in [-0.39, 0.29) is 22.1 Å². The number of carboxylic acid groups (broad SMARTS) is 1. The molecule has 0 amide bonds. The second-order valence-corrected chi connectivity index (χ2v) is 7.10. The number of benzene rings is 2. The van der Waals surface area contributed by atoms with E-state index in [0.29, 0.717) is 16.4 Å². The van der Waals surface area contributed by atoms with Crippen LogP contribution in [0.5, 0.6) is 5.75 Å². The van der Waals surface area contributed by atoms with Crippen LogP contribution in [-0.2, 0) is 4.79 Å². The van der Waals surface area contributed by atoms with Crippen LogP contribution in [-0.4, -0.2) is 37.7 Å². The number of nitrogens with zero attached hydrogens (tertiary/aromatic N) is 2. The maximum atomic E-state index is 13.2. The van der Waals surface area contributed by atoms with Gasteiger partial charge in [0.25, 0.3) is 5.56 Å². The minimum absolute atomic E-state index is 0.101. The zero-order valence-corrected chi connectivity index (χ0v) is 15.8. The fourth-order valence-electron chi connectivity index (χ4n) is 2.99. The van der Waals surface area contributed by atoms with Crippen LogP contribution in [0.3, 0.4) is 0 Å². The Morgan fingerprint density at radius 2 is 1.87 bits per heavy atom. The lowest BCUT2D eigenvalue weighted by Crippen LogP contribution is -2.22. The first-order chi connectivity index (χ1) is 14.2. The summed E-state index contributed by atoms with van der Waals surface area (Å²) < 4.78 is 42.2. The highest BCUT2D eigenvalue weighted by atomic mass is 32.2. The molecule has 2 N–H and O–H groups in total. The summed E-state index contributed by atoms with van der Waals surface area (Å²) in [6.07, 6.45) is -4.84. The van der Waals surface area contributed by atoms with E-state index in [2.05, 4.69) is 14.7 Å². The number of hydrogen-bond donors (Lipinski definition) is 2. The maximum Gasteiger partial charge on any atom is 0.573 e. The lowest BCUT2D eigenvalue weighted by atomic mass is 10.2. The van der Waals surface area contributed by atoms with Gasteiger partial charge in [-0.2, -0.15) is 0 Å². The molecule has 0 atom stereocenters. The third-order valence-electron chi connectivity index (χ3n) is 4.15. The SMILES string of the molecule is O=C(O)CSc1nc2c([nH]c3ccccc32)c(=O)n1-c1ccc(OC(F)(F)F)cc1. The van der Waals surface area contributed by atoms with Crippen LogP contribution in [0.15, 0.2) is 58.5 Å². The van der Waals surface area contributed by atoms with Gasteiger partial charge in [-0.25, -0.2) is 4.98 Å². The van der Waals surface area contributed by atoms with Crippen LogP contribution in [0.4, 0.5) is 13.2 Å². The Morgan fingerprint density at radius 1 is 1.17 bits per heavy atom. The molecule has 30 heavy (non-hydrogen) atoms. The van der Waals surface area contributed by atoms with Gasteiger partial charge in [-0.1, -0.05) is 30.0 Å². The number of rotatable bonds is 5. The largest absolute Gasteiger partial charge is 0.573 e. The first kappa shape index (κ1) is 19.8. The van der Waals surface area contributed by atoms with Crippen LogP contribution in [0, 0.1) is 0 Å². The summed E-state index contributed by atoms with van der Waals surface area (Å²) in [5.41, 5.74) is 0.977. The predicted molar refractivity (Wildman–Crippen MR) is 104 cm³/mol. The molecule has 0 saturated heterocycles. The van der Waals surface area contributed by atoms with E-state index in [9.17, 15) is 22.8 Å². The summed E-state index contributed by atoms with van der Waals surface area (Å²) in [5, 5.41) is 9.83. The standard InChI is InChI=1S/C19H12F3N3O4S/c20-19(21,22)29-11-7-5-10(6-8-11)25-17(28)16-15(24-18(25)30-9-14(26)27)12-3-1-2-4-13(12)23-16/h1-8,23H,9H2,(H,26,27). The number of carbonyl (C=O) groups is 1. The van der Waals surface area contributed by atoms with Gasteiger partial charge in [-0.15, -0.1) is 13.2 Å². The van der Waals surface area contributed by atoms with E-state index >= 15 is 0 Å². The molecule has 0 spiro atoms. The Balaban J connectivity index is 1.89. The lowest BCUT2D eigenvalue weighted by Gasteiger charge is -2.13. The highest BCUT2D eigenvalue weighted by molar-refractivity contribution is 7.99. The quantitative estimate of drug-likeness (QED) is 0.364. The molecule has 154 valence electrons. The van der Waals surface area contributed by atoms with Gasteiger partial charge in [0.05, 0.1) is 11.4 Å². The minimum atomic E-state index is -4.84. The molecule has 2 aromatic carbocycles. The van der Waals surface area contributed by atoms with Crippen LogP contribution < -0.4 is 10.3 Å². The summed E-state index contributed by atoms with van der Waals surface area (Å²) in [6, 6.07) is 11.8. The third kappa shape index (κ3) is 3.83.